The Kier molecular flexibility index (Phi) is 3.72. The number of carbonyl (C=O) groups is 1. The summed E-state index contributed by atoms with van der Waals surface area (Å²) in [5.41, 5.74) is 0. The smallest absolute Gasteiger partial charge is 0.323 e. The third kappa shape index (κ3) is 4.95. The molecule has 6 heteroatoms. The molecule has 0 rings (SSSR count). The maximum absolute atomic E-state index is 11.0. The lowest BCUT2D eigenvalue weighted by atomic mass is 10.3. The molecule has 0 spiro atoms. The van der Waals surface area contributed by atoms with Crippen LogP contribution in [-0.2, 0) is 9.36 Å². The average Bonchev–Trinajstić information content (AvgIpc) is 1.80. The van der Waals surface area contributed by atoms with Gasteiger partial charge in [-0.1, -0.05) is 0 Å². The van der Waals surface area contributed by atoms with Crippen molar-refractivity contribution in [3.63, 3.8) is 0 Å². The van der Waals surface area contributed by atoms with Gasteiger partial charge in [-0.2, -0.15) is 0 Å². The van der Waals surface area contributed by atoms with Gasteiger partial charge in [-0.05, 0) is 0 Å². The number of aliphatic carboxylic acids is 1. The zero-order chi connectivity index (χ0) is 9.07. The number of aliphatic hydroxyl groups is 1. The van der Waals surface area contributed by atoms with Gasteiger partial charge in [-0.25, -0.2) is 0 Å². The molecule has 3 N–H and O–H groups in total. The Morgan fingerprint density at radius 3 is 2.18 bits per heavy atom. The summed E-state index contributed by atoms with van der Waals surface area (Å²) in [7, 11) is -2.58. The van der Waals surface area contributed by atoms with Crippen molar-refractivity contribution in [3.8, 4) is 0 Å². The van der Waals surface area contributed by atoms with Gasteiger partial charge >= 0.3 is 5.97 Å². The molecule has 1 unspecified atom stereocenters. The fraction of sp³-hybridized carbons (Fsp3) is 0.800. The van der Waals surface area contributed by atoms with Crippen LogP contribution in [0.5, 0.6) is 0 Å². The van der Waals surface area contributed by atoms with Crippen LogP contribution >= 0.6 is 7.29 Å². The maximum Gasteiger partial charge on any atom is 0.323 e. The Balaban J connectivity index is 4.10. The number of aliphatic hydroxyl groups excluding tert-OH is 1. The first-order valence-electron chi connectivity index (χ1n) is 3.03. The third-order valence-electron chi connectivity index (χ3n) is 0.947. The van der Waals surface area contributed by atoms with E-state index in [0.29, 0.717) is 0 Å². The van der Waals surface area contributed by atoms with E-state index in [-0.39, 0.29) is 0 Å². The van der Waals surface area contributed by atoms with Crippen molar-refractivity contribution in [1.82, 2.24) is 5.09 Å². The van der Waals surface area contributed by atoms with Crippen LogP contribution in [0.25, 0.3) is 0 Å². The lowest BCUT2D eigenvalue weighted by Gasteiger charge is -2.14. The minimum absolute atomic E-state index is 0.555. The van der Waals surface area contributed by atoms with Crippen molar-refractivity contribution in [2.24, 2.45) is 0 Å². The predicted octanol–water partition coefficient (Wildman–Crippen LogP) is -0.441. The van der Waals surface area contributed by atoms with E-state index in [1.54, 1.807) is 0 Å². The number of carboxylic acids is 1. The molecule has 0 aliphatic rings. The van der Waals surface area contributed by atoms with Gasteiger partial charge in [-0.3, -0.25) is 9.88 Å². The van der Waals surface area contributed by atoms with E-state index in [4.69, 9.17) is 10.2 Å². The number of nitrogens with one attached hydrogen (secondary N) is 1. The standard InChI is InChI=1S/C5H12NO4P/c1-11(2,10)6-4(3-7)5(8)9/h4,7H,3H2,1-2H3,(H,6,10)(H,8,9). The van der Waals surface area contributed by atoms with Crippen LogP contribution in [0.4, 0.5) is 0 Å². The van der Waals surface area contributed by atoms with E-state index < -0.39 is 25.9 Å². The molecular formula is C5H12NO4P. The molecule has 5 nitrogen and oxygen atoms in total. The monoisotopic (exact) mass is 181 g/mol. The lowest BCUT2D eigenvalue weighted by molar-refractivity contribution is -0.139. The molecule has 0 aromatic carbocycles. The zero-order valence-electron chi connectivity index (χ0n) is 6.44. The lowest BCUT2D eigenvalue weighted by Crippen LogP contribution is -2.37. The van der Waals surface area contributed by atoms with Gasteiger partial charge in [0, 0.05) is 13.3 Å². The van der Waals surface area contributed by atoms with Crippen LogP contribution in [0.1, 0.15) is 0 Å². The fourth-order valence-corrected chi connectivity index (χ4v) is 1.49. The van der Waals surface area contributed by atoms with Crippen LogP contribution < -0.4 is 5.09 Å². The molecule has 0 heterocycles. The first kappa shape index (κ1) is 10.6. The molecule has 0 aromatic heterocycles. The van der Waals surface area contributed by atoms with Crippen LogP contribution in [0.2, 0.25) is 0 Å². The van der Waals surface area contributed by atoms with Gasteiger partial charge in [0.05, 0.1) is 6.61 Å². The van der Waals surface area contributed by atoms with Crippen molar-refractivity contribution in [3.05, 3.63) is 0 Å². The Morgan fingerprint density at radius 2 is 2.09 bits per heavy atom. The van der Waals surface area contributed by atoms with E-state index in [1.807, 2.05) is 0 Å². The number of carboxylic acid groups (broad SMARTS) is 1. The molecule has 66 valence electrons. The molecule has 0 fully saturated rings. The van der Waals surface area contributed by atoms with Gasteiger partial charge in [0.1, 0.15) is 13.3 Å². The zero-order valence-corrected chi connectivity index (χ0v) is 7.34. The van der Waals surface area contributed by atoms with Gasteiger partial charge in [0.15, 0.2) is 0 Å². The van der Waals surface area contributed by atoms with Crippen LogP contribution in [0.3, 0.4) is 0 Å². The molecule has 11 heavy (non-hydrogen) atoms. The Bertz CT molecular complexity index is 187. The topological polar surface area (TPSA) is 86.6 Å². The molecule has 0 amide bonds. The largest absolute Gasteiger partial charge is 0.480 e. The molecule has 0 radical (unpaired) electrons. The normalized spacial score (nSPS) is 14.5. The van der Waals surface area contributed by atoms with Crippen molar-refractivity contribution < 1.29 is 19.6 Å². The minimum Gasteiger partial charge on any atom is -0.480 e. The van der Waals surface area contributed by atoms with E-state index in [2.05, 4.69) is 5.09 Å². The molecule has 0 aliphatic carbocycles. The Morgan fingerprint density at radius 1 is 1.64 bits per heavy atom. The molecular weight excluding hydrogens is 169 g/mol. The van der Waals surface area contributed by atoms with Gasteiger partial charge in [0.2, 0.25) is 0 Å². The second-order valence-corrected chi connectivity index (χ2v) is 5.51. The number of hydrogen-bond acceptors (Lipinski definition) is 3. The Labute approximate surface area is 64.8 Å². The summed E-state index contributed by atoms with van der Waals surface area (Å²) < 4.78 is 11.0. The van der Waals surface area contributed by atoms with Crippen LogP contribution in [0, 0.1) is 0 Å². The summed E-state index contributed by atoms with van der Waals surface area (Å²) in [6.07, 6.45) is 0. The fourth-order valence-electron chi connectivity index (χ4n) is 0.549. The summed E-state index contributed by atoms with van der Waals surface area (Å²) in [5, 5.41) is 19.2. The second kappa shape index (κ2) is 3.85. The third-order valence-corrected chi connectivity index (χ3v) is 1.88. The highest BCUT2D eigenvalue weighted by Crippen LogP contribution is 2.30. The highest BCUT2D eigenvalue weighted by molar-refractivity contribution is 7.60. The van der Waals surface area contributed by atoms with Gasteiger partial charge < -0.3 is 14.8 Å². The van der Waals surface area contributed by atoms with Crippen LogP contribution in [-0.4, -0.2) is 42.2 Å². The molecule has 0 aliphatic heterocycles. The van der Waals surface area contributed by atoms with Crippen molar-refractivity contribution >= 4 is 13.3 Å². The van der Waals surface area contributed by atoms with Crippen molar-refractivity contribution in [2.45, 2.75) is 6.04 Å². The molecule has 0 saturated carbocycles. The Hall–Kier alpha value is -0.380. The van der Waals surface area contributed by atoms with Crippen LogP contribution in [0.15, 0.2) is 0 Å². The predicted molar refractivity (Wildman–Crippen MR) is 41.1 cm³/mol. The summed E-state index contributed by atoms with van der Waals surface area (Å²) in [4.78, 5) is 10.3. The quantitative estimate of drug-likeness (QED) is 0.512. The summed E-state index contributed by atoms with van der Waals surface area (Å²) in [6.45, 7) is 2.25. The van der Waals surface area contributed by atoms with E-state index in [9.17, 15) is 9.36 Å². The van der Waals surface area contributed by atoms with Gasteiger partial charge in [-0.15, -0.1) is 0 Å². The highest BCUT2D eigenvalue weighted by Gasteiger charge is 2.20. The minimum atomic E-state index is -2.58. The first-order chi connectivity index (χ1) is 4.87. The first-order valence-corrected chi connectivity index (χ1v) is 5.63. The SMILES string of the molecule is CP(C)(=O)NC(CO)C(=O)O. The summed E-state index contributed by atoms with van der Waals surface area (Å²) >= 11 is 0. The maximum atomic E-state index is 11.0. The highest BCUT2D eigenvalue weighted by atomic mass is 31.2. The van der Waals surface area contributed by atoms with E-state index >= 15 is 0 Å². The second-order valence-electron chi connectivity index (χ2n) is 2.55. The number of hydrogen-bond donors (Lipinski definition) is 3. The number of rotatable bonds is 4. The van der Waals surface area contributed by atoms with E-state index in [1.165, 1.54) is 13.3 Å². The average molecular weight is 181 g/mol. The molecule has 1 atom stereocenters. The summed E-state index contributed by atoms with van der Waals surface area (Å²) in [6, 6.07) is -1.13. The molecule has 0 aromatic rings. The van der Waals surface area contributed by atoms with Crippen molar-refractivity contribution in [1.29, 1.82) is 0 Å². The molecule has 0 bridgehead atoms. The van der Waals surface area contributed by atoms with Gasteiger partial charge in [0.25, 0.3) is 0 Å². The van der Waals surface area contributed by atoms with E-state index in [0.717, 1.165) is 0 Å². The molecule has 0 saturated heterocycles. The van der Waals surface area contributed by atoms with Crippen molar-refractivity contribution in [2.75, 3.05) is 19.9 Å². The summed E-state index contributed by atoms with van der Waals surface area (Å²) in [5.74, 6) is -1.20.